The molecule has 214 valence electrons. The number of pyridine rings is 1. The lowest BCUT2D eigenvalue weighted by molar-refractivity contribution is 0.0777. The van der Waals surface area contributed by atoms with Gasteiger partial charge in [-0.3, -0.25) is 9.69 Å². The van der Waals surface area contributed by atoms with Crippen molar-refractivity contribution in [3.63, 3.8) is 0 Å². The number of nitrogens with zero attached hydrogens (tertiary/aromatic N) is 4. The number of methoxy groups -OCH3 is 1. The maximum atomic E-state index is 13.6. The molecule has 0 unspecified atom stereocenters. The summed E-state index contributed by atoms with van der Waals surface area (Å²) in [6, 6.07) is 20.2. The molecule has 1 amide bonds. The fourth-order valence-electron chi connectivity index (χ4n) is 6.14. The molecule has 0 saturated carbocycles. The Hall–Kier alpha value is -3.53. The molecule has 0 radical (unpaired) electrons. The molecule has 0 aliphatic carbocycles. The molecule has 9 heteroatoms. The second-order valence-electron chi connectivity index (χ2n) is 10.9. The van der Waals surface area contributed by atoms with Crippen LogP contribution in [0.25, 0.3) is 21.5 Å². The molecule has 4 heterocycles. The number of para-hydroxylation sites is 2. The van der Waals surface area contributed by atoms with Gasteiger partial charge in [0.15, 0.2) is 0 Å². The number of piperidine rings is 2. The highest BCUT2D eigenvalue weighted by molar-refractivity contribution is 7.18. The van der Waals surface area contributed by atoms with E-state index >= 15 is 0 Å². The lowest BCUT2D eigenvalue weighted by Gasteiger charge is -2.42. The van der Waals surface area contributed by atoms with E-state index in [1.807, 2.05) is 60.7 Å². The highest BCUT2D eigenvalue weighted by Crippen LogP contribution is 2.33. The van der Waals surface area contributed by atoms with Gasteiger partial charge in [0.1, 0.15) is 16.6 Å². The first-order chi connectivity index (χ1) is 20.1. The van der Waals surface area contributed by atoms with Crippen molar-refractivity contribution >= 4 is 33.3 Å². The SMILES string of the molecule is COc1ccccc1-c1ccc(C(=O)NCc2nc3ccccc3s2)c(N2CCC(N3CCC[C@@H](CO)C3)CC2)n1. The predicted octanol–water partition coefficient (Wildman–Crippen LogP) is 4.97. The van der Waals surface area contributed by atoms with Crippen molar-refractivity contribution in [3.8, 4) is 17.0 Å². The summed E-state index contributed by atoms with van der Waals surface area (Å²) in [7, 11) is 1.66. The molecule has 0 bridgehead atoms. The molecule has 2 aliphatic heterocycles. The summed E-state index contributed by atoms with van der Waals surface area (Å²) < 4.78 is 6.73. The number of hydrogen-bond donors (Lipinski definition) is 2. The van der Waals surface area contributed by atoms with Crippen molar-refractivity contribution < 1.29 is 14.6 Å². The number of anilines is 1. The third kappa shape index (κ3) is 6.07. The Morgan fingerprint density at radius 2 is 1.83 bits per heavy atom. The van der Waals surface area contributed by atoms with E-state index in [4.69, 9.17) is 9.72 Å². The summed E-state index contributed by atoms with van der Waals surface area (Å²) in [5.41, 5.74) is 3.20. The number of aliphatic hydroxyl groups excluding tert-OH is 1. The number of fused-ring (bicyclic) bond motifs is 1. The Kier molecular flexibility index (Phi) is 8.46. The van der Waals surface area contributed by atoms with Gasteiger partial charge in [0, 0.05) is 37.8 Å². The van der Waals surface area contributed by atoms with E-state index in [9.17, 15) is 9.90 Å². The zero-order valence-electron chi connectivity index (χ0n) is 23.5. The molecule has 1 atom stereocenters. The predicted molar refractivity (Wildman–Crippen MR) is 164 cm³/mol. The van der Waals surface area contributed by atoms with Gasteiger partial charge in [-0.1, -0.05) is 24.3 Å². The number of likely N-dealkylation sites (tertiary alicyclic amines) is 1. The number of nitrogens with one attached hydrogen (secondary N) is 1. The van der Waals surface area contributed by atoms with E-state index in [0.29, 0.717) is 29.9 Å². The molecule has 2 aromatic heterocycles. The van der Waals surface area contributed by atoms with Crippen LogP contribution >= 0.6 is 11.3 Å². The highest BCUT2D eigenvalue weighted by atomic mass is 32.1. The third-order valence-electron chi connectivity index (χ3n) is 8.33. The van der Waals surface area contributed by atoms with Gasteiger partial charge < -0.3 is 20.1 Å². The van der Waals surface area contributed by atoms with Gasteiger partial charge in [-0.25, -0.2) is 9.97 Å². The fourth-order valence-corrected chi connectivity index (χ4v) is 7.05. The molecule has 8 nitrogen and oxygen atoms in total. The Morgan fingerprint density at radius 3 is 2.63 bits per heavy atom. The lowest BCUT2D eigenvalue weighted by Crippen LogP contribution is -2.49. The van der Waals surface area contributed by atoms with Crippen LogP contribution in [0.4, 0.5) is 5.82 Å². The molecule has 41 heavy (non-hydrogen) atoms. The Morgan fingerprint density at radius 1 is 1.02 bits per heavy atom. The second-order valence-corrected chi connectivity index (χ2v) is 12.0. The van der Waals surface area contributed by atoms with Crippen LogP contribution in [0, 0.1) is 5.92 Å². The fraction of sp³-hybridized carbons (Fsp3) is 0.406. The molecule has 6 rings (SSSR count). The number of thiazole rings is 1. The minimum atomic E-state index is -0.151. The van der Waals surface area contributed by atoms with Crippen molar-refractivity contribution in [1.82, 2.24) is 20.2 Å². The van der Waals surface area contributed by atoms with Crippen molar-refractivity contribution in [2.24, 2.45) is 5.92 Å². The maximum absolute atomic E-state index is 13.6. The highest BCUT2D eigenvalue weighted by Gasteiger charge is 2.30. The molecule has 2 N–H and O–H groups in total. The summed E-state index contributed by atoms with van der Waals surface area (Å²) in [5.74, 6) is 1.69. The quantitative estimate of drug-likeness (QED) is 0.309. The van der Waals surface area contributed by atoms with Crippen molar-refractivity contribution in [3.05, 3.63) is 71.2 Å². The van der Waals surface area contributed by atoms with Crippen LogP contribution < -0.4 is 15.0 Å². The molecular weight excluding hydrogens is 534 g/mol. The minimum Gasteiger partial charge on any atom is -0.496 e. The summed E-state index contributed by atoms with van der Waals surface area (Å²) in [6.07, 6.45) is 4.27. The van der Waals surface area contributed by atoms with Crippen LogP contribution in [0.3, 0.4) is 0 Å². The van der Waals surface area contributed by atoms with E-state index in [1.54, 1.807) is 18.4 Å². The zero-order chi connectivity index (χ0) is 28.2. The number of carbonyl (C=O) groups excluding carboxylic acids is 1. The van der Waals surface area contributed by atoms with Gasteiger partial charge in [-0.15, -0.1) is 11.3 Å². The smallest absolute Gasteiger partial charge is 0.255 e. The van der Waals surface area contributed by atoms with Gasteiger partial charge in [0.2, 0.25) is 0 Å². The number of aliphatic hydroxyl groups is 1. The number of benzene rings is 2. The molecule has 2 fully saturated rings. The van der Waals surface area contributed by atoms with Crippen LogP contribution in [0.1, 0.15) is 41.0 Å². The van der Waals surface area contributed by atoms with Gasteiger partial charge in [-0.05, 0) is 74.5 Å². The molecule has 2 saturated heterocycles. The van der Waals surface area contributed by atoms with E-state index < -0.39 is 0 Å². The van der Waals surface area contributed by atoms with Crippen LogP contribution in [0.15, 0.2) is 60.7 Å². The standard InChI is InChI=1S/C32H37N5O3S/c1-40-28-10-4-2-8-24(28)26-13-12-25(32(39)33-19-30-34-27-9-3-5-11-29(27)41-30)31(35-26)36-17-14-23(15-18-36)37-16-6-7-22(20-37)21-38/h2-5,8-13,22-23,38H,6-7,14-21H2,1H3,(H,33,39)/t22-/m1/s1. The number of carbonyl (C=O) groups is 1. The van der Waals surface area contributed by atoms with E-state index in [1.165, 1.54) is 0 Å². The summed E-state index contributed by atoms with van der Waals surface area (Å²) in [6.45, 7) is 4.36. The van der Waals surface area contributed by atoms with E-state index in [0.717, 1.165) is 84.1 Å². The van der Waals surface area contributed by atoms with Gasteiger partial charge in [-0.2, -0.15) is 0 Å². The number of ether oxygens (including phenoxy) is 1. The largest absolute Gasteiger partial charge is 0.496 e. The Bertz CT molecular complexity index is 1470. The number of hydrogen-bond acceptors (Lipinski definition) is 8. The maximum Gasteiger partial charge on any atom is 0.255 e. The Labute approximate surface area is 245 Å². The second kappa shape index (κ2) is 12.5. The van der Waals surface area contributed by atoms with Crippen LogP contribution in [-0.4, -0.2) is 71.8 Å². The zero-order valence-corrected chi connectivity index (χ0v) is 24.3. The monoisotopic (exact) mass is 571 g/mol. The first-order valence-electron chi connectivity index (χ1n) is 14.5. The molecule has 4 aromatic rings. The Balaban J connectivity index is 1.23. The average Bonchev–Trinajstić information content (AvgIpc) is 3.46. The van der Waals surface area contributed by atoms with Crippen LogP contribution in [-0.2, 0) is 6.54 Å². The number of aromatic nitrogens is 2. The molecular formula is C32H37N5O3S. The number of rotatable bonds is 8. The van der Waals surface area contributed by atoms with E-state index in [-0.39, 0.29) is 12.5 Å². The molecule has 2 aromatic carbocycles. The van der Waals surface area contributed by atoms with Gasteiger partial charge in [0.05, 0.1) is 35.1 Å². The first kappa shape index (κ1) is 27.6. The van der Waals surface area contributed by atoms with Crippen molar-refractivity contribution in [1.29, 1.82) is 0 Å². The first-order valence-corrected chi connectivity index (χ1v) is 15.3. The summed E-state index contributed by atoms with van der Waals surface area (Å²) in [5, 5.41) is 13.7. The minimum absolute atomic E-state index is 0.151. The number of amides is 1. The van der Waals surface area contributed by atoms with E-state index in [2.05, 4.69) is 20.1 Å². The normalized spacial score (nSPS) is 18.5. The van der Waals surface area contributed by atoms with Gasteiger partial charge >= 0.3 is 0 Å². The van der Waals surface area contributed by atoms with Crippen LogP contribution in [0.5, 0.6) is 5.75 Å². The summed E-state index contributed by atoms with van der Waals surface area (Å²) >= 11 is 1.60. The van der Waals surface area contributed by atoms with Crippen molar-refractivity contribution in [2.75, 3.05) is 44.8 Å². The topological polar surface area (TPSA) is 90.8 Å². The molecule has 0 spiro atoms. The molecule has 2 aliphatic rings. The summed E-state index contributed by atoms with van der Waals surface area (Å²) in [4.78, 5) is 28.2. The van der Waals surface area contributed by atoms with Gasteiger partial charge in [0.25, 0.3) is 5.91 Å². The average molecular weight is 572 g/mol. The lowest BCUT2D eigenvalue weighted by atomic mass is 9.94. The van der Waals surface area contributed by atoms with Crippen molar-refractivity contribution in [2.45, 2.75) is 38.3 Å². The van der Waals surface area contributed by atoms with Crippen LogP contribution in [0.2, 0.25) is 0 Å². The third-order valence-corrected chi connectivity index (χ3v) is 9.37.